The lowest BCUT2D eigenvalue weighted by molar-refractivity contribution is -0.141. The van der Waals surface area contributed by atoms with E-state index in [2.05, 4.69) is 19.2 Å². The van der Waals surface area contributed by atoms with Crippen molar-refractivity contribution in [3.63, 3.8) is 0 Å². The summed E-state index contributed by atoms with van der Waals surface area (Å²) in [5.74, 6) is -1.04. The fourth-order valence-corrected chi connectivity index (χ4v) is 3.55. The molecule has 2 saturated carbocycles. The highest BCUT2D eigenvalue weighted by molar-refractivity contribution is 5.75. The van der Waals surface area contributed by atoms with Gasteiger partial charge in [0.1, 0.15) is 0 Å². The Morgan fingerprint density at radius 2 is 1.76 bits per heavy atom. The van der Waals surface area contributed by atoms with Gasteiger partial charge in [-0.3, -0.25) is 4.79 Å². The van der Waals surface area contributed by atoms with Crippen molar-refractivity contribution in [3.05, 3.63) is 0 Å². The molecule has 0 radical (unpaired) electrons. The predicted octanol–water partition coefficient (Wildman–Crippen LogP) is 2.85. The number of amides is 2. The summed E-state index contributed by atoms with van der Waals surface area (Å²) in [6.07, 6.45) is 6.42. The van der Waals surface area contributed by atoms with Crippen LogP contribution in [-0.2, 0) is 4.79 Å². The summed E-state index contributed by atoms with van der Waals surface area (Å²) in [6, 6.07) is 0.284. The molecule has 2 fully saturated rings. The van der Waals surface area contributed by atoms with Gasteiger partial charge in [0.25, 0.3) is 0 Å². The summed E-state index contributed by atoms with van der Waals surface area (Å²) in [7, 11) is 1.86. The van der Waals surface area contributed by atoms with Gasteiger partial charge in [-0.1, -0.05) is 13.8 Å². The second-order valence-electron chi connectivity index (χ2n) is 7.50. The van der Waals surface area contributed by atoms with Gasteiger partial charge in [0.05, 0.1) is 5.92 Å². The van der Waals surface area contributed by atoms with Crippen molar-refractivity contribution < 1.29 is 14.7 Å². The number of nitrogens with one attached hydrogen (secondary N) is 1. The van der Waals surface area contributed by atoms with Gasteiger partial charge in [0.2, 0.25) is 0 Å². The molecule has 5 nitrogen and oxygen atoms in total. The summed E-state index contributed by atoms with van der Waals surface area (Å²) in [5, 5.41) is 12.0. The predicted molar refractivity (Wildman–Crippen MR) is 81.1 cm³/mol. The standard InChI is InChI=1S/C16H28N2O3/c1-16(2)8-6-13(7-9-16)18(3)15(21)17-12-5-4-11(10-12)14(19)20/h11-13H,4-10H2,1-3H3,(H,17,21)(H,19,20)/t11-,12+/m1/s1. The van der Waals surface area contributed by atoms with Crippen molar-refractivity contribution >= 4 is 12.0 Å². The molecule has 0 saturated heterocycles. The number of carbonyl (C=O) groups excluding carboxylic acids is 1. The van der Waals surface area contributed by atoms with Crippen molar-refractivity contribution in [2.45, 2.75) is 70.9 Å². The topological polar surface area (TPSA) is 69.6 Å². The van der Waals surface area contributed by atoms with E-state index in [0.717, 1.165) is 32.1 Å². The Kier molecular flexibility index (Phi) is 4.79. The van der Waals surface area contributed by atoms with Gasteiger partial charge >= 0.3 is 12.0 Å². The summed E-state index contributed by atoms with van der Waals surface area (Å²) in [5.41, 5.74) is 0.397. The van der Waals surface area contributed by atoms with Crippen LogP contribution in [0.25, 0.3) is 0 Å². The van der Waals surface area contributed by atoms with Crippen molar-refractivity contribution in [2.24, 2.45) is 11.3 Å². The summed E-state index contributed by atoms with van der Waals surface area (Å²) in [6.45, 7) is 4.57. The van der Waals surface area contributed by atoms with Crippen molar-refractivity contribution in [1.29, 1.82) is 0 Å². The molecule has 5 heteroatoms. The van der Waals surface area contributed by atoms with Crippen LogP contribution in [0.4, 0.5) is 4.79 Å². The zero-order chi connectivity index (χ0) is 15.6. The molecule has 0 aromatic carbocycles. The van der Waals surface area contributed by atoms with Gasteiger partial charge in [0, 0.05) is 19.1 Å². The Morgan fingerprint density at radius 3 is 2.29 bits per heavy atom. The minimum Gasteiger partial charge on any atom is -0.481 e. The van der Waals surface area contributed by atoms with Gasteiger partial charge in [-0.05, 0) is 50.4 Å². The summed E-state index contributed by atoms with van der Waals surface area (Å²) < 4.78 is 0. The van der Waals surface area contributed by atoms with Gasteiger partial charge in [0.15, 0.2) is 0 Å². The average molecular weight is 296 g/mol. The first-order valence-electron chi connectivity index (χ1n) is 8.04. The second-order valence-corrected chi connectivity index (χ2v) is 7.50. The monoisotopic (exact) mass is 296 g/mol. The molecule has 2 aliphatic carbocycles. The Morgan fingerprint density at radius 1 is 1.14 bits per heavy atom. The first-order chi connectivity index (χ1) is 9.78. The Labute approximate surface area is 127 Å². The maximum atomic E-state index is 12.3. The van der Waals surface area contributed by atoms with E-state index in [1.165, 1.54) is 0 Å². The fraction of sp³-hybridized carbons (Fsp3) is 0.875. The van der Waals surface area contributed by atoms with Crippen molar-refractivity contribution in [2.75, 3.05) is 7.05 Å². The van der Waals surface area contributed by atoms with Crippen LogP contribution in [0, 0.1) is 11.3 Å². The molecule has 2 N–H and O–H groups in total. The third-order valence-corrected chi connectivity index (χ3v) is 5.29. The zero-order valence-corrected chi connectivity index (χ0v) is 13.4. The highest BCUT2D eigenvalue weighted by Gasteiger charge is 2.33. The number of carbonyl (C=O) groups is 2. The van der Waals surface area contributed by atoms with Crippen LogP contribution in [0.5, 0.6) is 0 Å². The molecule has 0 unspecified atom stereocenters. The molecular formula is C16H28N2O3. The zero-order valence-electron chi connectivity index (χ0n) is 13.4. The number of nitrogens with zero attached hydrogens (tertiary/aromatic N) is 1. The SMILES string of the molecule is CN(C(=O)N[C@H]1CC[C@@H](C(=O)O)C1)C1CCC(C)(C)CC1. The molecule has 0 aliphatic heterocycles. The molecule has 0 heterocycles. The van der Waals surface area contributed by atoms with Gasteiger partial charge in [-0.15, -0.1) is 0 Å². The van der Waals surface area contributed by atoms with E-state index in [1.807, 2.05) is 11.9 Å². The Balaban J connectivity index is 1.80. The number of aliphatic carboxylic acids is 1. The molecule has 0 aromatic rings. The Hall–Kier alpha value is -1.26. The number of hydrogen-bond donors (Lipinski definition) is 2. The highest BCUT2D eigenvalue weighted by atomic mass is 16.4. The molecule has 120 valence electrons. The second kappa shape index (κ2) is 6.24. The van der Waals surface area contributed by atoms with Crippen LogP contribution in [0.15, 0.2) is 0 Å². The molecule has 2 aliphatic rings. The number of rotatable bonds is 3. The average Bonchev–Trinajstić information content (AvgIpc) is 2.86. The molecule has 2 amide bonds. The molecule has 2 atom stereocenters. The number of carboxylic acid groups (broad SMARTS) is 1. The molecular weight excluding hydrogens is 268 g/mol. The van der Waals surface area contributed by atoms with Crippen LogP contribution >= 0.6 is 0 Å². The quantitative estimate of drug-likeness (QED) is 0.841. The van der Waals surface area contributed by atoms with E-state index >= 15 is 0 Å². The number of hydrogen-bond acceptors (Lipinski definition) is 2. The van der Waals surface area contributed by atoms with Crippen molar-refractivity contribution in [3.8, 4) is 0 Å². The Bertz CT molecular complexity index is 398. The van der Waals surface area contributed by atoms with E-state index < -0.39 is 5.97 Å². The van der Waals surface area contributed by atoms with Gasteiger partial charge in [-0.2, -0.15) is 0 Å². The van der Waals surface area contributed by atoms with E-state index in [4.69, 9.17) is 5.11 Å². The van der Waals surface area contributed by atoms with Gasteiger partial charge in [-0.25, -0.2) is 4.79 Å². The molecule has 2 rings (SSSR count). The van der Waals surface area contributed by atoms with Crippen LogP contribution in [0.1, 0.15) is 58.8 Å². The lowest BCUT2D eigenvalue weighted by Crippen LogP contribution is -2.48. The summed E-state index contributed by atoms with van der Waals surface area (Å²) >= 11 is 0. The maximum absolute atomic E-state index is 12.3. The molecule has 0 spiro atoms. The van der Waals surface area contributed by atoms with E-state index in [9.17, 15) is 9.59 Å². The fourth-order valence-electron chi connectivity index (χ4n) is 3.55. The third kappa shape index (κ3) is 4.11. The van der Waals surface area contributed by atoms with Crippen LogP contribution in [0.3, 0.4) is 0 Å². The molecule has 0 bridgehead atoms. The van der Waals surface area contributed by atoms with E-state index in [1.54, 1.807) is 0 Å². The molecule has 0 aromatic heterocycles. The summed E-state index contributed by atoms with van der Waals surface area (Å²) in [4.78, 5) is 25.1. The lowest BCUT2D eigenvalue weighted by atomic mass is 9.75. The third-order valence-electron chi connectivity index (χ3n) is 5.29. The van der Waals surface area contributed by atoms with Crippen LogP contribution in [0.2, 0.25) is 0 Å². The minimum absolute atomic E-state index is 0.0149. The van der Waals surface area contributed by atoms with Crippen molar-refractivity contribution in [1.82, 2.24) is 10.2 Å². The lowest BCUT2D eigenvalue weighted by Gasteiger charge is -2.38. The number of urea groups is 1. The first-order valence-corrected chi connectivity index (χ1v) is 8.04. The smallest absolute Gasteiger partial charge is 0.317 e. The van der Waals surface area contributed by atoms with Crippen LogP contribution < -0.4 is 5.32 Å². The van der Waals surface area contributed by atoms with E-state index in [0.29, 0.717) is 24.3 Å². The highest BCUT2D eigenvalue weighted by Crippen LogP contribution is 2.36. The van der Waals surface area contributed by atoms with E-state index in [-0.39, 0.29) is 18.0 Å². The number of carboxylic acids is 1. The largest absolute Gasteiger partial charge is 0.481 e. The minimum atomic E-state index is -0.741. The van der Waals surface area contributed by atoms with Crippen LogP contribution in [-0.4, -0.2) is 41.1 Å². The van der Waals surface area contributed by atoms with Gasteiger partial charge < -0.3 is 15.3 Å². The molecule has 21 heavy (non-hydrogen) atoms. The maximum Gasteiger partial charge on any atom is 0.317 e. The normalized spacial score (nSPS) is 29.1. The first kappa shape index (κ1) is 16.1.